The first-order valence-electron chi connectivity index (χ1n) is 6.42. The van der Waals surface area contributed by atoms with Crippen LogP contribution in [0.2, 0.25) is 25.7 Å². The molecule has 0 saturated carbocycles. The number of carbonyl (C=O) groups is 1. The Bertz CT molecular complexity index is 459. The van der Waals surface area contributed by atoms with E-state index < -0.39 is 14.2 Å². The number of hydrogen-bond acceptors (Lipinski definition) is 3. The highest BCUT2D eigenvalue weighted by molar-refractivity contribution is 9.10. The average Bonchev–Trinajstić information content (AvgIpc) is 2.64. The molecule has 1 aromatic heterocycles. The summed E-state index contributed by atoms with van der Waals surface area (Å²) in [6.07, 6.45) is 0.842. The van der Waals surface area contributed by atoms with E-state index >= 15 is 0 Å². The Kier molecular flexibility index (Phi) is 6.22. The molecule has 20 heavy (non-hydrogen) atoms. The van der Waals surface area contributed by atoms with Gasteiger partial charge >= 0.3 is 6.09 Å². The van der Waals surface area contributed by atoms with Gasteiger partial charge in [0, 0.05) is 33.5 Å². The van der Waals surface area contributed by atoms with Crippen molar-refractivity contribution < 1.29 is 14.6 Å². The van der Waals surface area contributed by atoms with Crippen LogP contribution in [-0.2, 0) is 18.0 Å². The molecule has 0 aliphatic rings. The monoisotopic (exact) mass is 363 g/mol. The van der Waals surface area contributed by atoms with Crippen LogP contribution in [0, 0.1) is 0 Å². The molecule has 0 saturated heterocycles. The second-order valence-electron chi connectivity index (χ2n) is 5.97. The number of hydrogen-bond donors (Lipinski definition) is 1. The van der Waals surface area contributed by atoms with Crippen molar-refractivity contribution in [2.24, 2.45) is 0 Å². The number of rotatable bonds is 7. The van der Waals surface area contributed by atoms with E-state index in [-0.39, 0.29) is 0 Å². The van der Waals surface area contributed by atoms with Crippen LogP contribution in [0.15, 0.2) is 10.8 Å². The number of nitrogens with zero attached hydrogens (tertiary/aromatic N) is 3. The van der Waals surface area contributed by atoms with Crippen molar-refractivity contribution in [1.82, 2.24) is 14.7 Å². The summed E-state index contributed by atoms with van der Waals surface area (Å²) in [6.45, 7) is 8.34. The van der Waals surface area contributed by atoms with Crippen molar-refractivity contribution in [3.05, 3.63) is 16.4 Å². The number of amides is 1. The Morgan fingerprint density at radius 3 is 2.75 bits per heavy atom. The Morgan fingerprint density at radius 1 is 1.55 bits per heavy atom. The molecular formula is C12H22BrN3O3Si. The lowest BCUT2D eigenvalue weighted by atomic mass is 10.3. The molecule has 1 rings (SSSR count). The molecule has 0 unspecified atom stereocenters. The minimum absolute atomic E-state index is 0.296. The molecule has 114 valence electrons. The molecule has 0 atom stereocenters. The SMILES string of the molecule is CN(Cc1cn(COCC[Si](C)(C)C)nc1Br)C(=O)O. The fourth-order valence-electron chi connectivity index (χ4n) is 1.47. The quantitative estimate of drug-likeness (QED) is 0.596. The second kappa shape index (κ2) is 7.23. The molecule has 1 aromatic rings. The largest absolute Gasteiger partial charge is 0.465 e. The summed E-state index contributed by atoms with van der Waals surface area (Å²) in [5, 5.41) is 13.1. The van der Waals surface area contributed by atoms with Gasteiger partial charge in [-0.15, -0.1) is 0 Å². The third-order valence-corrected chi connectivity index (χ3v) is 5.11. The van der Waals surface area contributed by atoms with Gasteiger partial charge in [0.25, 0.3) is 0 Å². The number of halogens is 1. The first kappa shape index (κ1) is 17.2. The maximum absolute atomic E-state index is 10.8. The molecule has 0 bridgehead atoms. The lowest BCUT2D eigenvalue weighted by molar-refractivity contribution is 0.0783. The molecule has 0 spiro atoms. The van der Waals surface area contributed by atoms with Gasteiger partial charge in [-0.2, -0.15) is 5.10 Å². The van der Waals surface area contributed by atoms with Crippen LogP contribution < -0.4 is 0 Å². The van der Waals surface area contributed by atoms with Crippen LogP contribution in [0.3, 0.4) is 0 Å². The van der Waals surface area contributed by atoms with Gasteiger partial charge in [-0.1, -0.05) is 19.6 Å². The minimum Gasteiger partial charge on any atom is -0.465 e. The van der Waals surface area contributed by atoms with E-state index in [0.29, 0.717) is 17.9 Å². The van der Waals surface area contributed by atoms with E-state index in [2.05, 4.69) is 40.7 Å². The highest BCUT2D eigenvalue weighted by Gasteiger charge is 2.14. The molecule has 1 amide bonds. The zero-order valence-corrected chi connectivity index (χ0v) is 15.0. The van der Waals surface area contributed by atoms with E-state index in [9.17, 15) is 4.79 Å². The fraction of sp³-hybridized carbons (Fsp3) is 0.667. The predicted molar refractivity (Wildman–Crippen MR) is 83.5 cm³/mol. The van der Waals surface area contributed by atoms with Crippen molar-refractivity contribution in [1.29, 1.82) is 0 Å². The Labute approximate surface area is 128 Å². The first-order chi connectivity index (χ1) is 9.19. The van der Waals surface area contributed by atoms with Crippen molar-refractivity contribution in [2.45, 2.75) is 39.0 Å². The summed E-state index contributed by atoms with van der Waals surface area (Å²) in [7, 11) is 0.453. The summed E-state index contributed by atoms with van der Waals surface area (Å²) < 4.78 is 7.93. The molecule has 0 aromatic carbocycles. The smallest absolute Gasteiger partial charge is 0.407 e. The van der Waals surface area contributed by atoms with Crippen molar-refractivity contribution >= 4 is 30.1 Å². The maximum atomic E-state index is 10.8. The topological polar surface area (TPSA) is 67.6 Å². The van der Waals surface area contributed by atoms with E-state index in [0.717, 1.165) is 18.2 Å². The first-order valence-corrected chi connectivity index (χ1v) is 10.9. The van der Waals surface area contributed by atoms with Crippen LogP contribution in [0.1, 0.15) is 5.56 Å². The molecule has 1 N–H and O–H groups in total. The second-order valence-corrected chi connectivity index (χ2v) is 12.3. The van der Waals surface area contributed by atoms with Crippen LogP contribution in [0.5, 0.6) is 0 Å². The normalized spacial score (nSPS) is 11.7. The Morgan fingerprint density at radius 2 is 2.20 bits per heavy atom. The van der Waals surface area contributed by atoms with Gasteiger partial charge in [0.1, 0.15) is 11.3 Å². The predicted octanol–water partition coefficient (Wildman–Crippen LogP) is 3.07. The van der Waals surface area contributed by atoms with E-state index in [1.54, 1.807) is 10.9 Å². The zero-order chi connectivity index (χ0) is 15.3. The zero-order valence-electron chi connectivity index (χ0n) is 12.4. The summed E-state index contributed by atoms with van der Waals surface area (Å²) in [6, 6.07) is 1.12. The summed E-state index contributed by atoms with van der Waals surface area (Å²) in [5.74, 6) is 0. The highest BCUT2D eigenvalue weighted by atomic mass is 79.9. The lowest BCUT2D eigenvalue weighted by Gasteiger charge is -2.15. The highest BCUT2D eigenvalue weighted by Crippen LogP contribution is 2.16. The van der Waals surface area contributed by atoms with Gasteiger partial charge in [-0.3, -0.25) is 0 Å². The molecule has 1 heterocycles. The van der Waals surface area contributed by atoms with Crippen LogP contribution >= 0.6 is 15.9 Å². The molecule has 0 fully saturated rings. The Hall–Kier alpha value is -0.863. The van der Waals surface area contributed by atoms with Crippen molar-refractivity contribution in [3.8, 4) is 0 Å². The van der Waals surface area contributed by atoms with E-state index in [1.807, 2.05) is 0 Å². The Balaban J connectivity index is 2.47. The summed E-state index contributed by atoms with van der Waals surface area (Å²) in [5.41, 5.74) is 0.823. The molecule has 8 heteroatoms. The van der Waals surface area contributed by atoms with Crippen LogP contribution in [-0.4, -0.2) is 47.6 Å². The molecular weight excluding hydrogens is 342 g/mol. The maximum Gasteiger partial charge on any atom is 0.407 e. The minimum atomic E-state index is -1.07. The van der Waals surface area contributed by atoms with Crippen molar-refractivity contribution in [2.75, 3.05) is 13.7 Å². The standard InChI is InChI=1S/C12H22BrN3O3Si/c1-15(12(17)18)7-10-8-16(14-11(10)13)9-19-5-6-20(2,3)4/h8H,5-7,9H2,1-4H3,(H,17,18). The van der Waals surface area contributed by atoms with Gasteiger partial charge in [0.15, 0.2) is 0 Å². The van der Waals surface area contributed by atoms with E-state index in [1.165, 1.54) is 11.9 Å². The summed E-state index contributed by atoms with van der Waals surface area (Å²) >= 11 is 3.34. The van der Waals surface area contributed by atoms with E-state index in [4.69, 9.17) is 9.84 Å². The number of ether oxygens (including phenoxy) is 1. The summed E-state index contributed by atoms with van der Waals surface area (Å²) in [4.78, 5) is 12.0. The third-order valence-electron chi connectivity index (χ3n) is 2.74. The van der Waals surface area contributed by atoms with Gasteiger partial charge < -0.3 is 14.7 Å². The molecule has 6 nitrogen and oxygen atoms in total. The average molecular weight is 364 g/mol. The van der Waals surface area contributed by atoms with Crippen LogP contribution in [0.4, 0.5) is 4.79 Å². The third kappa shape index (κ3) is 6.06. The van der Waals surface area contributed by atoms with Crippen LogP contribution in [0.25, 0.3) is 0 Å². The number of carboxylic acid groups (broad SMARTS) is 1. The lowest BCUT2D eigenvalue weighted by Crippen LogP contribution is -2.23. The van der Waals surface area contributed by atoms with Gasteiger partial charge in [-0.25, -0.2) is 9.48 Å². The fourth-order valence-corrected chi connectivity index (χ4v) is 2.66. The van der Waals surface area contributed by atoms with Gasteiger partial charge in [0.05, 0.1) is 6.54 Å². The van der Waals surface area contributed by atoms with Crippen molar-refractivity contribution in [3.63, 3.8) is 0 Å². The molecule has 0 aliphatic heterocycles. The van der Waals surface area contributed by atoms with Gasteiger partial charge in [-0.05, 0) is 22.0 Å². The van der Waals surface area contributed by atoms with Gasteiger partial charge in [0.2, 0.25) is 0 Å². The molecule has 0 aliphatic carbocycles. The number of aromatic nitrogens is 2. The molecule has 0 radical (unpaired) electrons.